The number of carboxylic acids is 1. The topological polar surface area (TPSA) is 77.9 Å². The fourth-order valence-corrected chi connectivity index (χ4v) is 3.14. The predicted octanol–water partition coefficient (Wildman–Crippen LogP) is 7.52. The average molecular weight is 504 g/mol. The maximum Gasteiger partial charge on any atom is 0.418 e. The number of methoxy groups -OCH3 is 1. The zero-order valence-corrected chi connectivity index (χ0v) is 20.5. The molecule has 0 unspecified atom stereocenters. The van der Waals surface area contributed by atoms with E-state index >= 15 is 0 Å². The van der Waals surface area contributed by atoms with E-state index in [0.29, 0.717) is 29.9 Å². The molecular formula is C27H28F3NO5. The lowest BCUT2D eigenvalue weighted by Gasteiger charge is -2.14. The van der Waals surface area contributed by atoms with Crippen molar-refractivity contribution in [1.82, 2.24) is 4.98 Å². The number of rotatable bonds is 8. The zero-order valence-electron chi connectivity index (χ0n) is 20.5. The summed E-state index contributed by atoms with van der Waals surface area (Å²) in [6.45, 7) is 8.94. The molecule has 0 amide bonds. The van der Waals surface area contributed by atoms with Crippen LogP contribution in [0, 0.1) is 13.8 Å². The molecule has 3 rings (SSSR count). The first-order valence-corrected chi connectivity index (χ1v) is 10.9. The highest BCUT2D eigenvalue weighted by Gasteiger charge is 2.32. The molecule has 9 heteroatoms. The quantitative estimate of drug-likeness (QED) is 0.320. The van der Waals surface area contributed by atoms with Crippen LogP contribution in [0.1, 0.15) is 35.6 Å². The van der Waals surface area contributed by atoms with Crippen molar-refractivity contribution < 1.29 is 37.3 Å². The normalized spacial score (nSPS) is 10.6. The Bertz CT molecular complexity index is 1210. The molecule has 6 nitrogen and oxygen atoms in total. The van der Waals surface area contributed by atoms with Crippen LogP contribution in [-0.4, -0.2) is 23.2 Å². The van der Waals surface area contributed by atoms with Crippen molar-refractivity contribution in [2.75, 3.05) is 7.11 Å². The Kier molecular flexibility index (Phi) is 9.90. The first-order valence-electron chi connectivity index (χ1n) is 10.9. The summed E-state index contributed by atoms with van der Waals surface area (Å²) >= 11 is 0. The molecule has 1 aromatic heterocycles. The molecule has 0 aliphatic rings. The predicted molar refractivity (Wildman–Crippen MR) is 130 cm³/mol. The van der Waals surface area contributed by atoms with Gasteiger partial charge >= 0.3 is 12.1 Å². The number of aromatic nitrogens is 1. The number of halogens is 3. The Hall–Kier alpha value is -4.01. The Labute approximate surface area is 208 Å². The van der Waals surface area contributed by atoms with Gasteiger partial charge in [0, 0.05) is 18.7 Å². The van der Waals surface area contributed by atoms with E-state index in [1.54, 1.807) is 36.4 Å². The highest BCUT2D eigenvalue weighted by Crippen LogP contribution is 2.37. The smallest absolute Gasteiger partial charge is 0.418 e. The molecule has 0 bridgehead atoms. The molecule has 3 aromatic rings. The third-order valence-electron chi connectivity index (χ3n) is 4.76. The maximum atomic E-state index is 12.9. The van der Waals surface area contributed by atoms with Crippen molar-refractivity contribution in [3.05, 3.63) is 83.6 Å². The minimum atomic E-state index is -4.55. The fraction of sp³-hybridized carbons (Fsp3) is 0.259. The molecule has 0 radical (unpaired) electrons. The van der Waals surface area contributed by atoms with Gasteiger partial charge in [-0.2, -0.15) is 13.2 Å². The third-order valence-corrected chi connectivity index (χ3v) is 4.76. The summed E-state index contributed by atoms with van der Waals surface area (Å²) in [4.78, 5) is 14.5. The van der Waals surface area contributed by atoms with Gasteiger partial charge < -0.3 is 19.3 Å². The van der Waals surface area contributed by atoms with E-state index in [2.05, 4.69) is 11.6 Å². The number of nitrogens with zero attached hydrogens (tertiary/aromatic N) is 1. The number of hydrogen-bond acceptors (Lipinski definition) is 5. The lowest BCUT2D eigenvalue weighted by Crippen LogP contribution is -2.06. The van der Waals surface area contributed by atoms with Gasteiger partial charge in [-0.1, -0.05) is 12.1 Å². The van der Waals surface area contributed by atoms with Crippen LogP contribution in [0.25, 0.3) is 0 Å². The maximum absolute atomic E-state index is 12.9. The van der Waals surface area contributed by atoms with E-state index in [-0.39, 0.29) is 18.1 Å². The van der Waals surface area contributed by atoms with Crippen LogP contribution in [-0.2, 0) is 17.4 Å². The number of carbonyl (C=O) groups is 1. The summed E-state index contributed by atoms with van der Waals surface area (Å²) in [7, 11) is 1.23. The molecule has 0 saturated carbocycles. The second kappa shape index (κ2) is 12.6. The molecule has 0 aliphatic heterocycles. The molecule has 192 valence electrons. The molecule has 1 N–H and O–H groups in total. The van der Waals surface area contributed by atoms with Gasteiger partial charge in [-0.25, -0.2) is 4.98 Å². The van der Waals surface area contributed by atoms with Crippen molar-refractivity contribution in [1.29, 1.82) is 0 Å². The van der Waals surface area contributed by atoms with Gasteiger partial charge in [0.1, 0.15) is 17.2 Å². The number of pyridine rings is 1. The average Bonchev–Trinajstić information content (AvgIpc) is 2.78. The highest BCUT2D eigenvalue weighted by molar-refractivity contribution is 5.67. The number of hydrogen-bond donors (Lipinski definition) is 1. The van der Waals surface area contributed by atoms with Crippen LogP contribution in [0.5, 0.6) is 28.9 Å². The second-order valence-corrected chi connectivity index (χ2v) is 7.81. The largest absolute Gasteiger partial charge is 0.491 e. The van der Waals surface area contributed by atoms with E-state index in [9.17, 15) is 18.0 Å². The van der Waals surface area contributed by atoms with Crippen LogP contribution in [0.4, 0.5) is 13.2 Å². The Morgan fingerprint density at radius 3 is 2.25 bits per heavy atom. The van der Waals surface area contributed by atoms with Gasteiger partial charge in [0.05, 0.1) is 12.7 Å². The molecule has 2 aromatic carbocycles. The molecule has 0 atom stereocenters. The summed E-state index contributed by atoms with van der Waals surface area (Å²) in [5, 5.41) is 8.86. The standard InChI is InChI=1S/C24H22F3NO5.C3H6/c1-14-8-19(32-18-6-4-16(15(2)10-18)5-7-22(29)30)12-20(9-14)33-23-21(31-3)11-17(13-28-23)24(25,26)27;1-3-2/h4,6,8-13H,5,7H2,1-3H3,(H,29,30);3H,1H2,2H3. The van der Waals surface area contributed by atoms with E-state index in [1.165, 1.54) is 7.11 Å². The number of benzene rings is 2. The number of allylic oxidation sites excluding steroid dienone is 1. The van der Waals surface area contributed by atoms with Crippen molar-refractivity contribution in [2.45, 2.75) is 39.8 Å². The van der Waals surface area contributed by atoms with Crippen LogP contribution in [0.2, 0.25) is 0 Å². The fourth-order valence-electron chi connectivity index (χ4n) is 3.14. The van der Waals surface area contributed by atoms with E-state index in [0.717, 1.165) is 22.8 Å². The summed E-state index contributed by atoms with van der Waals surface area (Å²) in [5.41, 5.74) is 1.67. The van der Waals surface area contributed by atoms with Gasteiger partial charge in [0.25, 0.3) is 5.88 Å². The van der Waals surface area contributed by atoms with E-state index in [4.69, 9.17) is 19.3 Å². The molecular weight excluding hydrogens is 475 g/mol. The van der Waals surface area contributed by atoms with E-state index in [1.807, 2.05) is 26.8 Å². The monoisotopic (exact) mass is 503 g/mol. The summed E-state index contributed by atoms with van der Waals surface area (Å²) in [6.07, 6.45) is -1.66. The van der Waals surface area contributed by atoms with Crippen LogP contribution in [0.3, 0.4) is 0 Å². The lowest BCUT2D eigenvalue weighted by atomic mass is 10.0. The van der Waals surface area contributed by atoms with Crippen LogP contribution in [0.15, 0.2) is 61.3 Å². The summed E-state index contributed by atoms with van der Waals surface area (Å²) < 4.78 is 55.4. The van der Waals surface area contributed by atoms with Crippen LogP contribution < -0.4 is 14.2 Å². The molecule has 0 saturated heterocycles. The van der Waals surface area contributed by atoms with Crippen molar-refractivity contribution in [3.63, 3.8) is 0 Å². The minimum absolute atomic E-state index is 0.0427. The van der Waals surface area contributed by atoms with Crippen LogP contribution >= 0.6 is 0 Å². The van der Waals surface area contributed by atoms with E-state index < -0.39 is 17.7 Å². The van der Waals surface area contributed by atoms with Gasteiger partial charge in [-0.15, -0.1) is 6.58 Å². The molecule has 0 fully saturated rings. The van der Waals surface area contributed by atoms with Gasteiger partial charge in [-0.3, -0.25) is 4.79 Å². The Morgan fingerprint density at radius 2 is 1.69 bits per heavy atom. The summed E-state index contributed by atoms with van der Waals surface area (Å²) in [6, 6.07) is 11.2. The second-order valence-electron chi connectivity index (χ2n) is 7.81. The zero-order chi connectivity index (χ0) is 26.9. The highest BCUT2D eigenvalue weighted by atomic mass is 19.4. The third kappa shape index (κ3) is 8.33. The SMILES string of the molecule is C=CC.COc1cc(C(F)(F)F)cnc1Oc1cc(C)cc(Oc2ccc(CCC(=O)O)c(C)c2)c1. The number of alkyl halides is 3. The van der Waals surface area contributed by atoms with Gasteiger partial charge in [0.2, 0.25) is 0 Å². The van der Waals surface area contributed by atoms with Gasteiger partial charge in [0.15, 0.2) is 5.75 Å². The molecule has 1 heterocycles. The van der Waals surface area contributed by atoms with Crippen molar-refractivity contribution in [2.24, 2.45) is 0 Å². The molecule has 0 spiro atoms. The summed E-state index contributed by atoms with van der Waals surface area (Å²) in [5.74, 6) is 0.190. The first kappa shape index (κ1) is 28.2. The molecule has 36 heavy (non-hydrogen) atoms. The number of carboxylic acid groups (broad SMARTS) is 1. The Morgan fingerprint density at radius 1 is 1.06 bits per heavy atom. The van der Waals surface area contributed by atoms with Gasteiger partial charge in [-0.05, 0) is 74.2 Å². The number of aliphatic carboxylic acids is 1. The first-order chi connectivity index (χ1) is 17.0. The number of ether oxygens (including phenoxy) is 3. The van der Waals surface area contributed by atoms with Crippen molar-refractivity contribution >= 4 is 5.97 Å². The van der Waals surface area contributed by atoms with Crippen molar-refractivity contribution in [3.8, 4) is 28.9 Å². The Balaban J connectivity index is 0.00000145. The lowest BCUT2D eigenvalue weighted by molar-refractivity contribution is -0.138. The minimum Gasteiger partial charge on any atom is -0.491 e. The number of aryl methyl sites for hydroxylation is 3. The molecule has 0 aliphatic carbocycles.